The SMILES string of the molecule is CCC(CC)(Oc1ccc(C(=N)N)cc1)Oc1ccc(C(=N)N)cc1. The summed E-state index contributed by atoms with van der Waals surface area (Å²) in [6.07, 6.45) is 1.29. The first-order valence-corrected chi connectivity index (χ1v) is 8.16. The largest absolute Gasteiger partial charge is 0.452 e. The van der Waals surface area contributed by atoms with Crippen molar-refractivity contribution in [3.05, 3.63) is 59.7 Å². The van der Waals surface area contributed by atoms with Gasteiger partial charge in [-0.3, -0.25) is 10.8 Å². The van der Waals surface area contributed by atoms with Crippen molar-refractivity contribution in [2.75, 3.05) is 0 Å². The fraction of sp³-hybridized carbons (Fsp3) is 0.263. The molecule has 0 fully saturated rings. The van der Waals surface area contributed by atoms with E-state index in [4.69, 9.17) is 31.8 Å². The van der Waals surface area contributed by atoms with Crippen molar-refractivity contribution in [2.24, 2.45) is 11.5 Å². The minimum Gasteiger partial charge on any atom is -0.452 e. The molecule has 0 saturated carbocycles. The van der Waals surface area contributed by atoms with Crippen LogP contribution in [0.25, 0.3) is 0 Å². The van der Waals surface area contributed by atoms with Crippen molar-refractivity contribution in [3.63, 3.8) is 0 Å². The molecule has 0 radical (unpaired) electrons. The van der Waals surface area contributed by atoms with Crippen LogP contribution in [0.1, 0.15) is 37.8 Å². The number of benzene rings is 2. The Balaban J connectivity index is 2.19. The quantitative estimate of drug-likeness (QED) is 0.335. The standard InChI is InChI=1S/C19H24N4O2/c1-3-19(4-2,24-15-9-5-13(6-10-15)17(20)21)25-16-11-7-14(8-12-16)18(22)23/h5-12H,3-4H2,1-2H3,(H3,20,21)(H3,22,23). The molecule has 0 unspecified atom stereocenters. The Labute approximate surface area is 147 Å². The van der Waals surface area contributed by atoms with E-state index in [1.165, 1.54) is 0 Å². The number of hydrogen-bond acceptors (Lipinski definition) is 4. The molecule has 0 aliphatic heterocycles. The van der Waals surface area contributed by atoms with Gasteiger partial charge in [-0.25, -0.2) is 0 Å². The first-order valence-electron chi connectivity index (χ1n) is 8.16. The second kappa shape index (κ2) is 7.70. The lowest BCUT2D eigenvalue weighted by molar-refractivity contribution is -0.118. The molecule has 6 nitrogen and oxygen atoms in total. The molecule has 6 N–H and O–H groups in total. The van der Waals surface area contributed by atoms with Gasteiger partial charge in [-0.05, 0) is 48.5 Å². The Morgan fingerprint density at radius 3 is 1.32 bits per heavy atom. The molecule has 2 aromatic rings. The van der Waals surface area contributed by atoms with E-state index >= 15 is 0 Å². The zero-order valence-corrected chi connectivity index (χ0v) is 14.5. The summed E-state index contributed by atoms with van der Waals surface area (Å²) in [4.78, 5) is 0. The second-order valence-electron chi connectivity index (χ2n) is 5.70. The van der Waals surface area contributed by atoms with E-state index < -0.39 is 5.79 Å². The Morgan fingerprint density at radius 2 is 1.08 bits per heavy atom. The van der Waals surface area contributed by atoms with Crippen LogP contribution in [-0.4, -0.2) is 17.5 Å². The van der Waals surface area contributed by atoms with Crippen LogP contribution in [0, 0.1) is 10.8 Å². The molecule has 0 aliphatic rings. The van der Waals surface area contributed by atoms with E-state index in [2.05, 4.69) is 0 Å². The highest BCUT2D eigenvalue weighted by molar-refractivity contribution is 5.95. The van der Waals surface area contributed by atoms with E-state index in [0.717, 1.165) is 0 Å². The van der Waals surface area contributed by atoms with Gasteiger partial charge in [0.05, 0.1) is 0 Å². The summed E-state index contributed by atoms with van der Waals surface area (Å²) in [5.41, 5.74) is 12.2. The molecule has 6 heteroatoms. The topological polar surface area (TPSA) is 118 Å². The summed E-state index contributed by atoms with van der Waals surface area (Å²) in [7, 11) is 0. The number of hydrogen-bond donors (Lipinski definition) is 4. The highest BCUT2D eigenvalue weighted by Gasteiger charge is 2.31. The average Bonchev–Trinajstić information content (AvgIpc) is 2.62. The molecule has 0 atom stereocenters. The minimum absolute atomic E-state index is 0.0191. The molecule has 132 valence electrons. The Hall–Kier alpha value is -3.02. The van der Waals surface area contributed by atoms with Gasteiger partial charge in [0, 0.05) is 24.0 Å². The van der Waals surface area contributed by atoms with Crippen LogP contribution in [0.2, 0.25) is 0 Å². The van der Waals surface area contributed by atoms with Crippen molar-refractivity contribution in [2.45, 2.75) is 32.5 Å². The summed E-state index contributed by atoms with van der Waals surface area (Å²) in [6, 6.07) is 14.1. The second-order valence-corrected chi connectivity index (χ2v) is 5.70. The summed E-state index contributed by atoms with van der Waals surface area (Å²) in [5, 5.41) is 14.9. The highest BCUT2D eigenvalue weighted by Crippen LogP contribution is 2.28. The van der Waals surface area contributed by atoms with Crippen molar-refractivity contribution >= 4 is 11.7 Å². The van der Waals surface area contributed by atoms with E-state index in [9.17, 15) is 0 Å². The van der Waals surface area contributed by atoms with E-state index in [1.807, 2.05) is 13.8 Å². The lowest BCUT2D eigenvalue weighted by Gasteiger charge is -2.33. The van der Waals surface area contributed by atoms with Crippen LogP contribution in [0.4, 0.5) is 0 Å². The van der Waals surface area contributed by atoms with Crippen LogP contribution < -0.4 is 20.9 Å². The van der Waals surface area contributed by atoms with Crippen LogP contribution in [-0.2, 0) is 0 Å². The number of nitrogen functional groups attached to an aromatic ring is 2. The number of rotatable bonds is 8. The molecule has 2 rings (SSSR count). The molecular weight excluding hydrogens is 316 g/mol. The lowest BCUT2D eigenvalue weighted by Crippen LogP contribution is -2.41. The van der Waals surface area contributed by atoms with Crippen molar-refractivity contribution in [1.82, 2.24) is 0 Å². The predicted molar refractivity (Wildman–Crippen MR) is 99.5 cm³/mol. The van der Waals surface area contributed by atoms with Gasteiger partial charge in [0.15, 0.2) is 0 Å². The summed E-state index contributed by atoms with van der Waals surface area (Å²) in [5.74, 6) is 0.523. The fourth-order valence-electron chi connectivity index (χ4n) is 2.39. The number of nitrogens with two attached hydrogens (primary N) is 2. The molecule has 0 aliphatic carbocycles. The van der Waals surface area contributed by atoms with Gasteiger partial charge in [0.25, 0.3) is 5.79 Å². The summed E-state index contributed by atoms with van der Waals surface area (Å²) in [6.45, 7) is 3.99. The third-order valence-corrected chi connectivity index (χ3v) is 4.02. The van der Waals surface area contributed by atoms with Gasteiger partial charge < -0.3 is 20.9 Å². The summed E-state index contributed by atoms with van der Waals surface area (Å²) >= 11 is 0. The van der Waals surface area contributed by atoms with Gasteiger partial charge in [-0.2, -0.15) is 0 Å². The smallest absolute Gasteiger partial charge is 0.250 e. The molecule has 0 aromatic heterocycles. The predicted octanol–water partition coefficient (Wildman–Crippen LogP) is 3.23. The number of nitrogens with one attached hydrogen (secondary N) is 2. The summed E-state index contributed by atoms with van der Waals surface area (Å²) < 4.78 is 12.2. The first-order chi connectivity index (χ1) is 11.9. The molecule has 0 spiro atoms. The average molecular weight is 340 g/mol. The maximum atomic E-state index is 7.44. The van der Waals surface area contributed by atoms with Crippen LogP contribution in [0.3, 0.4) is 0 Å². The molecule has 0 bridgehead atoms. The lowest BCUT2D eigenvalue weighted by atomic mass is 10.1. The third kappa shape index (κ3) is 4.50. The number of amidine groups is 2. The van der Waals surface area contributed by atoms with Crippen LogP contribution in [0.5, 0.6) is 11.5 Å². The molecule has 0 amide bonds. The first kappa shape index (κ1) is 18.3. The Bertz CT molecular complexity index is 674. The van der Waals surface area contributed by atoms with Crippen LogP contribution >= 0.6 is 0 Å². The van der Waals surface area contributed by atoms with Gasteiger partial charge in [-0.1, -0.05) is 13.8 Å². The minimum atomic E-state index is -0.810. The molecule has 0 saturated heterocycles. The number of ether oxygens (including phenoxy) is 2. The highest BCUT2D eigenvalue weighted by atomic mass is 16.7. The normalized spacial score (nSPS) is 11.0. The molecule has 25 heavy (non-hydrogen) atoms. The van der Waals surface area contributed by atoms with Gasteiger partial charge >= 0.3 is 0 Å². The Morgan fingerprint density at radius 1 is 0.760 bits per heavy atom. The maximum Gasteiger partial charge on any atom is 0.250 e. The third-order valence-electron chi connectivity index (χ3n) is 4.02. The Kier molecular flexibility index (Phi) is 5.64. The van der Waals surface area contributed by atoms with E-state index in [-0.39, 0.29) is 11.7 Å². The zero-order chi connectivity index (χ0) is 18.4. The van der Waals surface area contributed by atoms with Gasteiger partial charge in [-0.15, -0.1) is 0 Å². The van der Waals surface area contributed by atoms with Crippen molar-refractivity contribution in [3.8, 4) is 11.5 Å². The van der Waals surface area contributed by atoms with Gasteiger partial charge in [0.2, 0.25) is 0 Å². The fourth-order valence-corrected chi connectivity index (χ4v) is 2.39. The maximum absolute atomic E-state index is 7.44. The van der Waals surface area contributed by atoms with Crippen LogP contribution in [0.15, 0.2) is 48.5 Å². The van der Waals surface area contributed by atoms with E-state index in [0.29, 0.717) is 35.5 Å². The molecular formula is C19H24N4O2. The molecule has 2 aromatic carbocycles. The van der Waals surface area contributed by atoms with Gasteiger partial charge in [0.1, 0.15) is 23.2 Å². The van der Waals surface area contributed by atoms with Crippen molar-refractivity contribution in [1.29, 1.82) is 10.8 Å². The van der Waals surface area contributed by atoms with E-state index in [1.54, 1.807) is 48.5 Å². The zero-order valence-electron chi connectivity index (χ0n) is 14.5. The van der Waals surface area contributed by atoms with Crippen molar-refractivity contribution < 1.29 is 9.47 Å². The molecule has 0 heterocycles. The monoisotopic (exact) mass is 340 g/mol.